The van der Waals surface area contributed by atoms with E-state index < -0.39 is 0 Å². The Morgan fingerprint density at radius 2 is 2.29 bits per heavy atom. The minimum absolute atomic E-state index is 0.239. The van der Waals surface area contributed by atoms with Crippen LogP contribution in [-0.4, -0.2) is 25.9 Å². The quantitative estimate of drug-likeness (QED) is 0.758. The molecule has 0 aliphatic heterocycles. The molecule has 7 heteroatoms. The third-order valence-corrected chi connectivity index (χ3v) is 2.13. The van der Waals surface area contributed by atoms with Gasteiger partial charge in [0.2, 0.25) is 0 Å². The van der Waals surface area contributed by atoms with Crippen LogP contribution in [0, 0.1) is 0 Å². The molecule has 0 spiro atoms. The molecule has 0 aliphatic rings. The lowest BCUT2D eigenvalue weighted by molar-refractivity contribution is 0.0945. The van der Waals surface area contributed by atoms with Crippen LogP contribution in [0.2, 0.25) is 0 Å². The maximum atomic E-state index is 11.7. The number of nitrogens with one attached hydrogen (secondary N) is 1. The highest BCUT2D eigenvalue weighted by atomic mass is 16.1. The lowest BCUT2D eigenvalue weighted by atomic mass is 10.3. The summed E-state index contributed by atoms with van der Waals surface area (Å²) in [5, 5.41) is 14.0. The van der Waals surface area contributed by atoms with E-state index in [4.69, 9.17) is 5.73 Å². The molecule has 0 fully saturated rings. The Morgan fingerprint density at radius 3 is 2.88 bits per heavy atom. The highest BCUT2D eigenvalue weighted by Crippen LogP contribution is 1.99. The minimum Gasteiger partial charge on any atom is -0.382 e. The maximum absolute atomic E-state index is 11.7. The van der Waals surface area contributed by atoms with E-state index in [9.17, 15) is 4.79 Å². The number of nitrogen functional groups attached to an aromatic ring is 1. The van der Waals surface area contributed by atoms with Gasteiger partial charge < -0.3 is 11.1 Å². The van der Waals surface area contributed by atoms with Crippen LogP contribution in [0.1, 0.15) is 16.1 Å². The average Bonchev–Trinajstić information content (AvgIpc) is 2.73. The van der Waals surface area contributed by atoms with Gasteiger partial charge in [0.05, 0.1) is 6.20 Å². The molecule has 0 aromatic carbocycles. The fraction of sp³-hybridized carbons (Fsp3) is 0.200. The number of nitrogens with zero attached hydrogens (tertiary/aromatic N) is 4. The molecule has 2 heterocycles. The van der Waals surface area contributed by atoms with Crippen molar-refractivity contribution in [3.63, 3.8) is 0 Å². The number of aryl methyl sites for hydroxylation is 1. The van der Waals surface area contributed by atoms with Gasteiger partial charge in [0, 0.05) is 25.4 Å². The number of anilines is 1. The number of hydrogen-bond donors (Lipinski definition) is 2. The zero-order chi connectivity index (χ0) is 12.3. The number of carbonyl (C=O) groups is 1. The molecular formula is C10H12N6O. The Bertz CT molecular complexity index is 518. The molecule has 0 unspecified atom stereocenters. The van der Waals surface area contributed by atoms with Crippen molar-refractivity contribution in [1.82, 2.24) is 25.3 Å². The van der Waals surface area contributed by atoms with E-state index in [-0.39, 0.29) is 17.4 Å². The summed E-state index contributed by atoms with van der Waals surface area (Å²) in [5.41, 5.74) is 6.54. The Labute approximate surface area is 97.6 Å². The van der Waals surface area contributed by atoms with Crippen LogP contribution >= 0.6 is 0 Å². The molecule has 7 nitrogen and oxygen atoms in total. The molecule has 2 rings (SSSR count). The monoisotopic (exact) mass is 232 g/mol. The average molecular weight is 232 g/mol. The highest BCUT2D eigenvalue weighted by Gasteiger charge is 2.07. The van der Waals surface area contributed by atoms with E-state index >= 15 is 0 Å². The van der Waals surface area contributed by atoms with Crippen LogP contribution in [0.25, 0.3) is 0 Å². The van der Waals surface area contributed by atoms with Gasteiger partial charge in [-0.15, -0.1) is 10.2 Å². The van der Waals surface area contributed by atoms with Gasteiger partial charge in [0.1, 0.15) is 5.82 Å². The summed E-state index contributed by atoms with van der Waals surface area (Å²) in [6, 6.07) is 3.06. The molecule has 17 heavy (non-hydrogen) atoms. The maximum Gasteiger partial charge on any atom is 0.272 e. The number of nitrogens with two attached hydrogens (primary N) is 1. The number of hydrogen-bond acceptors (Lipinski definition) is 5. The van der Waals surface area contributed by atoms with Crippen LogP contribution in [0.3, 0.4) is 0 Å². The topological polar surface area (TPSA) is 98.7 Å². The van der Waals surface area contributed by atoms with E-state index in [0.717, 1.165) is 5.56 Å². The number of carbonyl (C=O) groups excluding carboxylic acids is 1. The van der Waals surface area contributed by atoms with Crippen molar-refractivity contribution in [3.8, 4) is 0 Å². The van der Waals surface area contributed by atoms with Gasteiger partial charge >= 0.3 is 0 Å². The summed E-state index contributed by atoms with van der Waals surface area (Å²) in [7, 11) is 1.82. The molecule has 0 atom stereocenters. The SMILES string of the molecule is Cn1cc(CNC(=O)c2ccc(N)nn2)cn1. The van der Waals surface area contributed by atoms with Crippen LogP contribution in [-0.2, 0) is 13.6 Å². The summed E-state index contributed by atoms with van der Waals surface area (Å²) in [4.78, 5) is 11.7. The molecule has 88 valence electrons. The highest BCUT2D eigenvalue weighted by molar-refractivity contribution is 5.92. The molecule has 0 aliphatic carbocycles. The summed E-state index contributed by atoms with van der Waals surface area (Å²) >= 11 is 0. The van der Waals surface area contributed by atoms with Gasteiger partial charge in [-0.2, -0.15) is 5.10 Å². The summed E-state index contributed by atoms with van der Waals surface area (Å²) in [6.07, 6.45) is 3.52. The molecule has 0 saturated heterocycles. The van der Waals surface area contributed by atoms with Crippen molar-refractivity contribution in [2.75, 3.05) is 5.73 Å². The van der Waals surface area contributed by atoms with E-state index in [1.54, 1.807) is 10.9 Å². The van der Waals surface area contributed by atoms with Crippen molar-refractivity contribution < 1.29 is 4.79 Å². The number of amides is 1. The predicted octanol–water partition coefficient (Wildman–Crippen LogP) is -0.278. The molecule has 2 aromatic heterocycles. The molecule has 3 N–H and O–H groups in total. The zero-order valence-corrected chi connectivity index (χ0v) is 9.29. The molecule has 0 radical (unpaired) electrons. The Balaban J connectivity index is 1.95. The second-order valence-electron chi connectivity index (χ2n) is 3.55. The van der Waals surface area contributed by atoms with Gasteiger partial charge in [-0.05, 0) is 12.1 Å². The van der Waals surface area contributed by atoms with Gasteiger partial charge in [0.15, 0.2) is 5.69 Å². The first-order valence-corrected chi connectivity index (χ1v) is 5.00. The fourth-order valence-corrected chi connectivity index (χ4v) is 1.30. The first kappa shape index (κ1) is 11.1. The zero-order valence-electron chi connectivity index (χ0n) is 9.29. The third kappa shape index (κ3) is 2.77. The van der Waals surface area contributed by atoms with E-state index in [1.165, 1.54) is 12.1 Å². The van der Waals surface area contributed by atoms with Gasteiger partial charge in [0.25, 0.3) is 5.91 Å². The van der Waals surface area contributed by atoms with Crippen molar-refractivity contribution >= 4 is 11.7 Å². The van der Waals surface area contributed by atoms with Gasteiger partial charge in [-0.1, -0.05) is 0 Å². The molecule has 2 aromatic rings. The normalized spacial score (nSPS) is 10.2. The van der Waals surface area contributed by atoms with Crippen LogP contribution in [0.15, 0.2) is 24.5 Å². The standard InChI is InChI=1S/C10H12N6O/c1-16-6-7(5-13-16)4-12-10(17)8-2-3-9(11)15-14-8/h2-3,5-6H,4H2,1H3,(H2,11,15)(H,12,17). The third-order valence-electron chi connectivity index (χ3n) is 2.13. The minimum atomic E-state index is -0.290. The lowest BCUT2D eigenvalue weighted by Crippen LogP contribution is -2.24. The molecule has 0 bridgehead atoms. The van der Waals surface area contributed by atoms with Crippen molar-refractivity contribution in [2.45, 2.75) is 6.54 Å². The predicted molar refractivity (Wildman–Crippen MR) is 60.8 cm³/mol. The van der Waals surface area contributed by atoms with Crippen molar-refractivity contribution in [3.05, 3.63) is 35.8 Å². The lowest BCUT2D eigenvalue weighted by Gasteiger charge is -2.02. The summed E-state index contributed by atoms with van der Waals surface area (Å²) < 4.78 is 1.67. The fourth-order valence-electron chi connectivity index (χ4n) is 1.30. The molecule has 1 amide bonds. The second kappa shape index (κ2) is 4.60. The first-order valence-electron chi connectivity index (χ1n) is 5.00. The Morgan fingerprint density at radius 1 is 1.47 bits per heavy atom. The van der Waals surface area contributed by atoms with E-state index in [0.29, 0.717) is 6.54 Å². The van der Waals surface area contributed by atoms with Gasteiger partial charge in [-0.3, -0.25) is 9.48 Å². The van der Waals surface area contributed by atoms with Crippen molar-refractivity contribution in [1.29, 1.82) is 0 Å². The van der Waals surface area contributed by atoms with Gasteiger partial charge in [-0.25, -0.2) is 0 Å². The number of rotatable bonds is 3. The van der Waals surface area contributed by atoms with Crippen LogP contribution in [0.4, 0.5) is 5.82 Å². The second-order valence-corrected chi connectivity index (χ2v) is 3.55. The molecular weight excluding hydrogens is 220 g/mol. The Hall–Kier alpha value is -2.44. The number of aromatic nitrogens is 4. The smallest absolute Gasteiger partial charge is 0.272 e. The van der Waals surface area contributed by atoms with E-state index in [1.807, 2.05) is 13.2 Å². The largest absolute Gasteiger partial charge is 0.382 e. The Kier molecular flexibility index (Phi) is 2.99. The summed E-state index contributed by atoms with van der Waals surface area (Å²) in [6.45, 7) is 0.402. The summed E-state index contributed by atoms with van der Waals surface area (Å²) in [5.74, 6) is -0.00448. The van der Waals surface area contributed by atoms with Crippen LogP contribution in [0.5, 0.6) is 0 Å². The van der Waals surface area contributed by atoms with Crippen LogP contribution < -0.4 is 11.1 Å². The first-order chi connectivity index (χ1) is 8.15. The van der Waals surface area contributed by atoms with Crippen molar-refractivity contribution in [2.24, 2.45) is 7.05 Å². The molecule has 0 saturated carbocycles. The van der Waals surface area contributed by atoms with E-state index in [2.05, 4.69) is 20.6 Å².